The van der Waals surface area contributed by atoms with Crippen LogP contribution in [0, 0.1) is 0 Å². The minimum Gasteiger partial charge on any atom is -0.353 e. The van der Waals surface area contributed by atoms with Gasteiger partial charge in [-0.3, -0.25) is 9.69 Å². The summed E-state index contributed by atoms with van der Waals surface area (Å²) in [6.45, 7) is 8.44. The van der Waals surface area contributed by atoms with Crippen molar-refractivity contribution in [2.75, 3.05) is 31.9 Å². The van der Waals surface area contributed by atoms with E-state index in [2.05, 4.69) is 24.1 Å². The Hall–Kier alpha value is -1.15. The molecule has 1 fully saturated rings. The summed E-state index contributed by atoms with van der Waals surface area (Å²) in [6, 6.07) is 6.99. The van der Waals surface area contributed by atoms with Gasteiger partial charge in [0.15, 0.2) is 0 Å². The maximum atomic E-state index is 12.9. The Morgan fingerprint density at radius 1 is 1.29 bits per heavy atom. The first-order chi connectivity index (χ1) is 13.4. The molecule has 1 saturated heterocycles. The van der Waals surface area contributed by atoms with E-state index in [1.807, 2.05) is 31.2 Å². The highest BCUT2D eigenvalue weighted by atomic mass is 35.5. The van der Waals surface area contributed by atoms with E-state index in [-0.39, 0.29) is 17.7 Å². The van der Waals surface area contributed by atoms with Crippen molar-refractivity contribution in [1.29, 1.82) is 0 Å². The Morgan fingerprint density at radius 2 is 1.96 bits per heavy atom. The average molecular weight is 430 g/mol. The molecule has 0 radical (unpaired) electrons. The Labute approximate surface area is 174 Å². The smallest absolute Gasteiger partial charge is 0.238 e. The molecule has 158 valence electrons. The zero-order valence-electron chi connectivity index (χ0n) is 17.0. The van der Waals surface area contributed by atoms with Crippen molar-refractivity contribution in [2.24, 2.45) is 0 Å². The van der Waals surface area contributed by atoms with E-state index >= 15 is 0 Å². The molecule has 0 aromatic heterocycles. The van der Waals surface area contributed by atoms with Gasteiger partial charge in [-0.1, -0.05) is 50.6 Å². The lowest BCUT2D eigenvalue weighted by atomic mass is 10.0. The lowest BCUT2D eigenvalue weighted by molar-refractivity contribution is -0.124. The van der Waals surface area contributed by atoms with Crippen molar-refractivity contribution >= 4 is 27.5 Å². The fraction of sp³-hybridized carbons (Fsp3) is 0.650. The van der Waals surface area contributed by atoms with Crippen LogP contribution in [0.15, 0.2) is 24.3 Å². The molecule has 1 aromatic rings. The molecule has 1 aromatic carbocycles. The minimum absolute atomic E-state index is 0.0604. The van der Waals surface area contributed by atoms with Crippen LogP contribution >= 0.6 is 11.6 Å². The fourth-order valence-corrected chi connectivity index (χ4v) is 5.88. The normalized spacial score (nSPS) is 19.1. The van der Waals surface area contributed by atoms with Crippen LogP contribution in [0.4, 0.5) is 0 Å². The van der Waals surface area contributed by atoms with Crippen molar-refractivity contribution in [2.45, 2.75) is 52.1 Å². The largest absolute Gasteiger partial charge is 0.353 e. The molecule has 1 heterocycles. The molecule has 8 heteroatoms. The molecule has 2 unspecified atom stereocenters. The number of likely N-dealkylation sites (N-methyl/N-ethyl adjacent to an activating group) is 1. The number of nitrogens with one attached hydrogen (secondary N) is 1. The number of sulfonamides is 1. The molecule has 1 aliphatic rings. The molecule has 2 atom stereocenters. The van der Waals surface area contributed by atoms with E-state index in [1.54, 1.807) is 0 Å². The first-order valence-corrected chi connectivity index (χ1v) is 12.1. The number of rotatable bonds is 10. The van der Waals surface area contributed by atoms with Crippen LogP contribution in [0.2, 0.25) is 5.02 Å². The van der Waals surface area contributed by atoms with Crippen LogP contribution in [-0.2, 0) is 14.8 Å². The molecule has 1 aliphatic heterocycles. The van der Waals surface area contributed by atoms with Gasteiger partial charge in [-0.05, 0) is 44.0 Å². The number of nitrogens with zero attached hydrogens (tertiary/aromatic N) is 2. The number of benzene rings is 1. The van der Waals surface area contributed by atoms with Gasteiger partial charge in [0, 0.05) is 18.1 Å². The second-order valence-corrected chi connectivity index (χ2v) is 9.54. The SMILES string of the molecule is CCCS(=O)(=O)N1CCCC1C(=O)NCC(c1ccccc1Cl)N(CC)CC. The van der Waals surface area contributed by atoms with E-state index in [1.165, 1.54) is 4.31 Å². The topological polar surface area (TPSA) is 69.7 Å². The number of carbonyl (C=O) groups is 1. The molecule has 1 amide bonds. The molecule has 0 spiro atoms. The van der Waals surface area contributed by atoms with Gasteiger partial charge in [-0.15, -0.1) is 0 Å². The summed E-state index contributed by atoms with van der Waals surface area (Å²) in [5, 5.41) is 3.67. The number of amides is 1. The zero-order valence-corrected chi connectivity index (χ0v) is 18.6. The first kappa shape index (κ1) is 23.1. The van der Waals surface area contributed by atoms with Gasteiger partial charge in [0.2, 0.25) is 15.9 Å². The van der Waals surface area contributed by atoms with Crippen LogP contribution in [0.1, 0.15) is 51.6 Å². The van der Waals surface area contributed by atoms with Gasteiger partial charge in [-0.2, -0.15) is 4.31 Å². The van der Waals surface area contributed by atoms with Crippen molar-refractivity contribution in [3.05, 3.63) is 34.9 Å². The van der Waals surface area contributed by atoms with Crippen LogP contribution in [0.3, 0.4) is 0 Å². The predicted molar refractivity (Wildman–Crippen MR) is 114 cm³/mol. The molecule has 1 N–H and O–H groups in total. The Bertz CT molecular complexity index is 753. The number of hydrogen-bond donors (Lipinski definition) is 1. The zero-order chi connectivity index (χ0) is 20.7. The third-order valence-corrected chi connectivity index (χ3v) is 7.73. The Morgan fingerprint density at radius 3 is 2.57 bits per heavy atom. The standard InChI is InChI=1S/C20H32ClN3O3S/c1-4-14-28(26,27)24-13-9-12-18(24)20(25)22-15-19(23(5-2)6-3)16-10-7-8-11-17(16)21/h7-8,10-11,18-19H,4-6,9,12-15H2,1-3H3,(H,22,25). The van der Waals surface area contributed by atoms with Gasteiger partial charge >= 0.3 is 0 Å². The maximum Gasteiger partial charge on any atom is 0.238 e. The van der Waals surface area contributed by atoms with Gasteiger partial charge in [0.25, 0.3) is 0 Å². The summed E-state index contributed by atoms with van der Waals surface area (Å²) >= 11 is 6.41. The molecule has 0 bridgehead atoms. The van der Waals surface area contributed by atoms with E-state index in [9.17, 15) is 13.2 Å². The molecule has 0 aliphatic carbocycles. The van der Waals surface area contributed by atoms with E-state index < -0.39 is 16.1 Å². The van der Waals surface area contributed by atoms with Crippen LogP contribution < -0.4 is 5.32 Å². The summed E-state index contributed by atoms with van der Waals surface area (Å²) < 4.78 is 26.3. The van der Waals surface area contributed by atoms with Gasteiger partial charge in [0.1, 0.15) is 6.04 Å². The van der Waals surface area contributed by atoms with Crippen molar-refractivity contribution < 1.29 is 13.2 Å². The molecule has 6 nitrogen and oxygen atoms in total. The van der Waals surface area contributed by atoms with Crippen molar-refractivity contribution in [1.82, 2.24) is 14.5 Å². The van der Waals surface area contributed by atoms with Crippen LogP contribution in [0.5, 0.6) is 0 Å². The summed E-state index contributed by atoms with van der Waals surface area (Å²) in [7, 11) is -3.39. The third-order valence-electron chi connectivity index (χ3n) is 5.31. The van der Waals surface area contributed by atoms with Crippen molar-refractivity contribution in [3.63, 3.8) is 0 Å². The predicted octanol–water partition coefficient (Wildman–Crippen LogP) is 3.04. The van der Waals surface area contributed by atoms with Gasteiger partial charge in [-0.25, -0.2) is 8.42 Å². The summed E-state index contributed by atoms with van der Waals surface area (Å²) in [5.41, 5.74) is 0.968. The van der Waals surface area contributed by atoms with Gasteiger partial charge < -0.3 is 5.32 Å². The highest BCUT2D eigenvalue weighted by Crippen LogP contribution is 2.27. The second kappa shape index (κ2) is 10.6. The second-order valence-electron chi connectivity index (χ2n) is 7.09. The summed E-state index contributed by atoms with van der Waals surface area (Å²) in [6.07, 6.45) is 1.82. The average Bonchev–Trinajstić information content (AvgIpc) is 3.17. The minimum atomic E-state index is -3.39. The third kappa shape index (κ3) is 5.47. The molecule has 28 heavy (non-hydrogen) atoms. The fourth-order valence-electron chi connectivity index (χ4n) is 3.87. The Kier molecular flexibility index (Phi) is 8.74. The molecule has 2 rings (SSSR count). The quantitative estimate of drug-likeness (QED) is 0.620. The lowest BCUT2D eigenvalue weighted by Gasteiger charge is -2.31. The summed E-state index contributed by atoms with van der Waals surface area (Å²) in [4.78, 5) is 15.1. The van der Waals surface area contributed by atoms with E-state index in [0.717, 1.165) is 18.7 Å². The number of halogens is 1. The molecular weight excluding hydrogens is 398 g/mol. The monoisotopic (exact) mass is 429 g/mol. The van der Waals surface area contributed by atoms with Crippen LogP contribution in [0.25, 0.3) is 0 Å². The Balaban J connectivity index is 2.14. The van der Waals surface area contributed by atoms with Crippen molar-refractivity contribution in [3.8, 4) is 0 Å². The highest BCUT2D eigenvalue weighted by molar-refractivity contribution is 7.89. The lowest BCUT2D eigenvalue weighted by Crippen LogP contribution is -2.48. The van der Waals surface area contributed by atoms with E-state index in [0.29, 0.717) is 37.4 Å². The highest BCUT2D eigenvalue weighted by Gasteiger charge is 2.38. The summed E-state index contributed by atoms with van der Waals surface area (Å²) in [5.74, 6) is -0.139. The molecular formula is C20H32ClN3O3S. The first-order valence-electron chi connectivity index (χ1n) is 10.1. The van der Waals surface area contributed by atoms with Gasteiger partial charge in [0.05, 0.1) is 11.8 Å². The number of hydrogen-bond acceptors (Lipinski definition) is 4. The maximum absolute atomic E-state index is 12.9. The molecule has 0 saturated carbocycles. The number of carbonyl (C=O) groups excluding carboxylic acids is 1. The van der Waals surface area contributed by atoms with E-state index in [4.69, 9.17) is 11.6 Å². The van der Waals surface area contributed by atoms with Crippen LogP contribution in [-0.4, -0.2) is 61.5 Å².